The molecule has 178 valence electrons. The van der Waals surface area contributed by atoms with Crippen LogP contribution in [0.1, 0.15) is 30.8 Å². The number of pyridine rings is 1. The highest BCUT2D eigenvalue weighted by atomic mass is 16.5. The molecular weight excluding hydrogens is 440 g/mol. The van der Waals surface area contributed by atoms with Crippen molar-refractivity contribution in [2.24, 2.45) is 0 Å². The molecule has 7 nitrogen and oxygen atoms in total. The summed E-state index contributed by atoms with van der Waals surface area (Å²) < 4.78 is 12.3. The average molecular weight is 469 g/mol. The Morgan fingerprint density at radius 1 is 0.829 bits per heavy atom. The molecule has 35 heavy (non-hydrogen) atoms. The zero-order valence-corrected chi connectivity index (χ0v) is 20.0. The van der Waals surface area contributed by atoms with Gasteiger partial charge in [-0.25, -0.2) is 9.97 Å². The molecule has 0 bridgehead atoms. The summed E-state index contributed by atoms with van der Waals surface area (Å²) in [5.41, 5.74) is 2.99. The monoisotopic (exact) mass is 468 g/mol. The minimum Gasteiger partial charge on any atom is -0.497 e. The van der Waals surface area contributed by atoms with Gasteiger partial charge in [0.15, 0.2) is 0 Å². The van der Waals surface area contributed by atoms with Crippen LogP contribution in [0.3, 0.4) is 0 Å². The van der Waals surface area contributed by atoms with Crippen LogP contribution >= 0.6 is 0 Å². The fourth-order valence-corrected chi connectivity index (χ4v) is 4.45. The standard InChI is InChI=1S/C28H28N4O3/c1-34-23-10-7-9-22(18-23)32-26(15-12-20-8-6-11-27(29-20)35-2)30-25-14-13-21(19-24(25)28(32)33)31-16-4-3-5-17-31/h6-15,18-19H,3-5,16-17H2,1-2H3/b15-12+. The highest BCUT2D eigenvalue weighted by Gasteiger charge is 2.16. The second-order valence-electron chi connectivity index (χ2n) is 8.50. The van der Waals surface area contributed by atoms with Crippen LogP contribution in [-0.4, -0.2) is 41.8 Å². The normalized spacial score (nSPS) is 13.9. The van der Waals surface area contributed by atoms with E-state index >= 15 is 0 Å². The molecule has 5 rings (SSSR count). The maximum absolute atomic E-state index is 13.9. The Bertz CT molecular complexity index is 1440. The third-order valence-electron chi connectivity index (χ3n) is 6.27. The lowest BCUT2D eigenvalue weighted by Crippen LogP contribution is -2.29. The average Bonchev–Trinajstić information content (AvgIpc) is 2.92. The van der Waals surface area contributed by atoms with Crippen molar-refractivity contribution in [2.75, 3.05) is 32.2 Å². The summed E-state index contributed by atoms with van der Waals surface area (Å²) >= 11 is 0. The zero-order chi connectivity index (χ0) is 24.2. The van der Waals surface area contributed by atoms with E-state index in [0.717, 1.165) is 18.8 Å². The van der Waals surface area contributed by atoms with Gasteiger partial charge in [-0.05, 0) is 67.8 Å². The summed E-state index contributed by atoms with van der Waals surface area (Å²) in [6.07, 6.45) is 7.24. The zero-order valence-electron chi connectivity index (χ0n) is 20.0. The van der Waals surface area contributed by atoms with Crippen molar-refractivity contribution >= 4 is 28.7 Å². The van der Waals surface area contributed by atoms with Crippen molar-refractivity contribution in [1.29, 1.82) is 0 Å². The van der Waals surface area contributed by atoms with Crippen LogP contribution in [-0.2, 0) is 0 Å². The minimum atomic E-state index is -0.125. The molecule has 7 heteroatoms. The molecule has 1 aliphatic heterocycles. The number of hydrogen-bond donors (Lipinski definition) is 0. The molecule has 0 saturated carbocycles. The van der Waals surface area contributed by atoms with E-state index in [1.54, 1.807) is 30.9 Å². The SMILES string of the molecule is COc1cccc(-n2c(/C=C/c3cccc(OC)n3)nc3ccc(N4CCCCC4)cc3c2=O)c1. The molecule has 2 aromatic heterocycles. The van der Waals surface area contributed by atoms with Crippen LogP contribution in [0.2, 0.25) is 0 Å². The Hall–Kier alpha value is -4.13. The summed E-state index contributed by atoms with van der Waals surface area (Å²) in [6, 6.07) is 19.0. The molecule has 3 heterocycles. The Kier molecular flexibility index (Phi) is 6.48. The molecule has 4 aromatic rings. The van der Waals surface area contributed by atoms with Gasteiger partial charge < -0.3 is 14.4 Å². The predicted octanol–water partition coefficient (Wildman–Crippen LogP) is 4.96. The summed E-state index contributed by atoms with van der Waals surface area (Å²) in [5.74, 6) is 1.70. The largest absolute Gasteiger partial charge is 0.497 e. The van der Waals surface area contributed by atoms with Gasteiger partial charge in [0.1, 0.15) is 11.6 Å². The van der Waals surface area contributed by atoms with E-state index in [1.807, 2.05) is 54.6 Å². The van der Waals surface area contributed by atoms with E-state index in [1.165, 1.54) is 19.3 Å². The van der Waals surface area contributed by atoms with E-state index in [4.69, 9.17) is 14.5 Å². The molecule has 0 N–H and O–H groups in total. The van der Waals surface area contributed by atoms with Crippen LogP contribution in [0.25, 0.3) is 28.7 Å². The van der Waals surface area contributed by atoms with Crippen LogP contribution in [0, 0.1) is 0 Å². The molecule has 1 fully saturated rings. The second kappa shape index (κ2) is 10.0. The van der Waals surface area contributed by atoms with Crippen molar-refractivity contribution in [3.05, 3.63) is 82.5 Å². The second-order valence-corrected chi connectivity index (χ2v) is 8.50. The van der Waals surface area contributed by atoms with Gasteiger partial charge in [0.05, 0.1) is 36.5 Å². The lowest BCUT2D eigenvalue weighted by molar-refractivity contribution is 0.397. The van der Waals surface area contributed by atoms with Gasteiger partial charge in [-0.15, -0.1) is 0 Å². The van der Waals surface area contributed by atoms with Crippen molar-refractivity contribution in [2.45, 2.75) is 19.3 Å². The Labute approximate surface area is 204 Å². The first-order valence-corrected chi connectivity index (χ1v) is 11.8. The highest BCUT2D eigenvalue weighted by molar-refractivity contribution is 5.83. The number of fused-ring (bicyclic) bond motifs is 1. The number of rotatable bonds is 6. The molecule has 1 aliphatic rings. The van der Waals surface area contributed by atoms with Gasteiger partial charge in [-0.1, -0.05) is 12.1 Å². The van der Waals surface area contributed by atoms with Crippen LogP contribution < -0.4 is 19.9 Å². The summed E-state index contributed by atoms with van der Waals surface area (Å²) in [5, 5.41) is 0.590. The summed E-state index contributed by atoms with van der Waals surface area (Å²) in [6.45, 7) is 2.02. The van der Waals surface area contributed by atoms with E-state index in [2.05, 4.69) is 16.0 Å². The lowest BCUT2D eigenvalue weighted by Gasteiger charge is -2.29. The van der Waals surface area contributed by atoms with Gasteiger partial charge in [-0.3, -0.25) is 9.36 Å². The lowest BCUT2D eigenvalue weighted by atomic mass is 10.1. The first-order chi connectivity index (χ1) is 17.2. The predicted molar refractivity (Wildman–Crippen MR) is 140 cm³/mol. The van der Waals surface area contributed by atoms with Gasteiger partial charge in [0.25, 0.3) is 5.56 Å². The molecule has 2 aromatic carbocycles. The molecule has 0 atom stereocenters. The maximum Gasteiger partial charge on any atom is 0.266 e. The molecule has 0 unspecified atom stereocenters. The van der Waals surface area contributed by atoms with Gasteiger partial charge >= 0.3 is 0 Å². The smallest absolute Gasteiger partial charge is 0.266 e. The Morgan fingerprint density at radius 2 is 1.66 bits per heavy atom. The fraction of sp³-hybridized carbons (Fsp3) is 0.250. The van der Waals surface area contributed by atoms with Gasteiger partial charge in [0.2, 0.25) is 5.88 Å². The highest BCUT2D eigenvalue weighted by Crippen LogP contribution is 2.25. The van der Waals surface area contributed by atoms with Gasteiger partial charge in [-0.2, -0.15) is 0 Å². The van der Waals surface area contributed by atoms with E-state index < -0.39 is 0 Å². The molecule has 0 aliphatic carbocycles. The maximum atomic E-state index is 13.9. The number of hydrogen-bond acceptors (Lipinski definition) is 6. The minimum absolute atomic E-state index is 0.125. The first-order valence-electron chi connectivity index (χ1n) is 11.8. The van der Waals surface area contributed by atoms with E-state index in [0.29, 0.717) is 39.7 Å². The number of ether oxygens (including phenoxy) is 2. The number of anilines is 1. The molecule has 1 saturated heterocycles. The van der Waals surface area contributed by atoms with Crippen molar-refractivity contribution in [1.82, 2.24) is 14.5 Å². The number of nitrogens with zero attached hydrogens (tertiary/aromatic N) is 4. The fourth-order valence-electron chi connectivity index (χ4n) is 4.45. The number of aromatic nitrogens is 3. The van der Waals surface area contributed by atoms with Gasteiger partial charge in [0, 0.05) is 30.9 Å². The number of benzene rings is 2. The quantitative estimate of drug-likeness (QED) is 0.398. The van der Waals surface area contributed by atoms with Crippen molar-refractivity contribution < 1.29 is 9.47 Å². The summed E-state index contributed by atoms with van der Waals surface area (Å²) in [7, 11) is 3.19. The number of methoxy groups -OCH3 is 2. The summed E-state index contributed by atoms with van der Waals surface area (Å²) in [4.78, 5) is 25.5. The van der Waals surface area contributed by atoms with E-state index in [9.17, 15) is 4.79 Å². The Balaban J connectivity index is 1.66. The topological polar surface area (TPSA) is 69.5 Å². The third-order valence-corrected chi connectivity index (χ3v) is 6.27. The molecule has 0 spiro atoms. The van der Waals surface area contributed by atoms with E-state index in [-0.39, 0.29) is 5.56 Å². The molecular formula is C28H28N4O3. The molecule has 0 radical (unpaired) electrons. The van der Waals surface area contributed by atoms with Crippen LogP contribution in [0.4, 0.5) is 5.69 Å². The first kappa shape index (κ1) is 22.7. The van der Waals surface area contributed by atoms with Crippen molar-refractivity contribution in [3.63, 3.8) is 0 Å². The Morgan fingerprint density at radius 3 is 2.46 bits per heavy atom. The van der Waals surface area contributed by atoms with Crippen LogP contribution in [0.15, 0.2) is 65.5 Å². The van der Waals surface area contributed by atoms with Crippen molar-refractivity contribution in [3.8, 4) is 17.3 Å². The van der Waals surface area contributed by atoms with Crippen LogP contribution in [0.5, 0.6) is 11.6 Å². The third kappa shape index (κ3) is 4.75. The number of piperidine rings is 1. The molecule has 0 amide bonds.